The lowest BCUT2D eigenvalue weighted by atomic mass is 10.1. The Kier molecular flexibility index (Phi) is 3.87. The summed E-state index contributed by atoms with van der Waals surface area (Å²) < 4.78 is 0. The van der Waals surface area contributed by atoms with E-state index in [0.717, 1.165) is 29.9 Å². The Labute approximate surface area is 142 Å². The molecule has 1 aliphatic rings. The number of pyridine rings is 1. The molecule has 0 atom stereocenters. The molecule has 8 heteroatoms. The molecule has 4 rings (SSSR count). The topological polar surface area (TPSA) is 90.6 Å². The fourth-order valence-electron chi connectivity index (χ4n) is 2.89. The van der Waals surface area contributed by atoms with Crippen molar-refractivity contribution in [3.63, 3.8) is 0 Å². The van der Waals surface area contributed by atoms with E-state index in [-0.39, 0.29) is 5.56 Å². The van der Waals surface area contributed by atoms with Gasteiger partial charge in [0.25, 0.3) is 5.56 Å². The lowest BCUT2D eigenvalue weighted by Gasteiger charge is -2.27. The van der Waals surface area contributed by atoms with Crippen LogP contribution in [0.3, 0.4) is 0 Å². The van der Waals surface area contributed by atoms with Crippen LogP contribution in [0, 0.1) is 0 Å². The van der Waals surface area contributed by atoms with Gasteiger partial charge in [-0.15, -0.1) is 0 Å². The normalized spacial score (nSPS) is 14.5. The van der Waals surface area contributed by atoms with E-state index in [1.807, 2.05) is 12.1 Å². The number of fused-ring (bicyclic) bond motifs is 1. The standard InChI is InChI=1S/C16H15ClN6O/c17-12-7-19-22-14(12)9-23-5-3-13-11(8-23)16(24)21-15(20-13)10-2-1-4-18-6-10/h1-2,4,6-7H,3,5,8-9H2,(H,19,22)(H,20,21,24). The molecule has 3 aromatic heterocycles. The van der Waals surface area contributed by atoms with Crippen molar-refractivity contribution in [1.82, 2.24) is 30.0 Å². The molecule has 0 aliphatic carbocycles. The van der Waals surface area contributed by atoms with Gasteiger partial charge in [0.2, 0.25) is 0 Å². The van der Waals surface area contributed by atoms with Gasteiger partial charge in [0.15, 0.2) is 0 Å². The van der Waals surface area contributed by atoms with E-state index in [0.29, 0.717) is 29.5 Å². The van der Waals surface area contributed by atoms with Crippen molar-refractivity contribution < 1.29 is 0 Å². The van der Waals surface area contributed by atoms with Gasteiger partial charge < -0.3 is 4.98 Å². The van der Waals surface area contributed by atoms with Gasteiger partial charge in [-0.1, -0.05) is 11.6 Å². The summed E-state index contributed by atoms with van der Waals surface area (Å²) in [5.74, 6) is 0.567. The molecule has 2 N–H and O–H groups in total. The van der Waals surface area contributed by atoms with Crippen LogP contribution < -0.4 is 5.56 Å². The minimum Gasteiger partial charge on any atom is -0.306 e. The first-order valence-electron chi connectivity index (χ1n) is 7.63. The smallest absolute Gasteiger partial charge is 0.255 e. The Balaban J connectivity index is 1.61. The third kappa shape index (κ3) is 2.83. The zero-order valence-corrected chi connectivity index (χ0v) is 13.5. The second-order valence-corrected chi connectivity index (χ2v) is 6.15. The molecule has 0 amide bonds. The lowest BCUT2D eigenvalue weighted by molar-refractivity contribution is 0.239. The number of nitrogens with zero attached hydrogens (tertiary/aromatic N) is 4. The van der Waals surface area contributed by atoms with Gasteiger partial charge >= 0.3 is 0 Å². The number of halogens is 1. The zero-order chi connectivity index (χ0) is 16.5. The van der Waals surface area contributed by atoms with Crippen LogP contribution in [-0.2, 0) is 19.5 Å². The van der Waals surface area contributed by atoms with Gasteiger partial charge in [0, 0.05) is 44.0 Å². The third-order valence-corrected chi connectivity index (χ3v) is 4.46. The van der Waals surface area contributed by atoms with Gasteiger partial charge in [-0.25, -0.2) is 4.98 Å². The summed E-state index contributed by atoms with van der Waals surface area (Å²) in [6.07, 6.45) is 5.69. The molecule has 0 saturated carbocycles. The second-order valence-electron chi connectivity index (χ2n) is 5.74. The van der Waals surface area contributed by atoms with Crippen molar-refractivity contribution in [3.05, 3.63) is 63.1 Å². The molecule has 0 unspecified atom stereocenters. The first kappa shape index (κ1) is 15.0. The fourth-order valence-corrected chi connectivity index (χ4v) is 3.04. The van der Waals surface area contributed by atoms with E-state index < -0.39 is 0 Å². The van der Waals surface area contributed by atoms with Crippen LogP contribution in [-0.4, -0.2) is 36.6 Å². The van der Waals surface area contributed by atoms with Gasteiger partial charge in [-0.05, 0) is 12.1 Å². The van der Waals surface area contributed by atoms with Crippen LogP contribution in [0.25, 0.3) is 11.4 Å². The van der Waals surface area contributed by atoms with Crippen LogP contribution in [0.15, 0.2) is 35.5 Å². The number of nitrogens with one attached hydrogen (secondary N) is 2. The summed E-state index contributed by atoms with van der Waals surface area (Å²) in [5, 5.41) is 7.43. The first-order valence-corrected chi connectivity index (χ1v) is 8.01. The molecule has 4 heterocycles. The SMILES string of the molecule is O=c1[nH]c(-c2cccnc2)nc2c1CN(Cc1[nH]ncc1Cl)CC2. The van der Waals surface area contributed by atoms with Crippen LogP contribution in [0.4, 0.5) is 0 Å². The molecule has 1 aliphatic heterocycles. The number of H-pyrrole nitrogens is 2. The van der Waals surface area contributed by atoms with Crippen LogP contribution in [0.5, 0.6) is 0 Å². The number of hydrogen-bond acceptors (Lipinski definition) is 5. The number of hydrogen-bond donors (Lipinski definition) is 2. The third-order valence-electron chi connectivity index (χ3n) is 4.13. The van der Waals surface area contributed by atoms with Crippen molar-refractivity contribution in [2.45, 2.75) is 19.5 Å². The maximum absolute atomic E-state index is 12.5. The molecule has 122 valence electrons. The maximum Gasteiger partial charge on any atom is 0.255 e. The zero-order valence-electron chi connectivity index (χ0n) is 12.8. The van der Waals surface area contributed by atoms with E-state index in [9.17, 15) is 4.79 Å². The predicted octanol–water partition coefficient (Wildman–Crippen LogP) is 1.77. The Hall–Kier alpha value is -2.51. The second kappa shape index (κ2) is 6.18. The van der Waals surface area contributed by atoms with Crippen molar-refractivity contribution in [3.8, 4) is 11.4 Å². The molecule has 0 saturated heterocycles. The first-order chi connectivity index (χ1) is 11.7. The van der Waals surface area contributed by atoms with Gasteiger partial charge in [-0.2, -0.15) is 5.10 Å². The Morgan fingerprint density at radius 3 is 3.00 bits per heavy atom. The Bertz CT molecular complexity index is 920. The highest BCUT2D eigenvalue weighted by atomic mass is 35.5. The molecule has 0 bridgehead atoms. The molecule has 0 fully saturated rings. The molecule has 0 aromatic carbocycles. The Morgan fingerprint density at radius 1 is 1.33 bits per heavy atom. The minimum atomic E-state index is -0.0979. The molecular formula is C16H15ClN6O. The van der Waals surface area contributed by atoms with Crippen LogP contribution in [0.1, 0.15) is 17.0 Å². The number of rotatable bonds is 3. The average molecular weight is 343 g/mol. The van der Waals surface area contributed by atoms with E-state index in [1.165, 1.54) is 0 Å². The molecular weight excluding hydrogens is 328 g/mol. The van der Waals surface area contributed by atoms with Crippen LogP contribution in [0.2, 0.25) is 5.02 Å². The molecule has 24 heavy (non-hydrogen) atoms. The fraction of sp³-hybridized carbons (Fsp3) is 0.250. The van der Waals surface area contributed by atoms with Gasteiger partial charge in [0.1, 0.15) is 5.82 Å². The van der Waals surface area contributed by atoms with Crippen LogP contribution >= 0.6 is 11.6 Å². The van der Waals surface area contributed by atoms with Crippen molar-refractivity contribution in [1.29, 1.82) is 0 Å². The van der Waals surface area contributed by atoms with E-state index in [2.05, 4.69) is 30.0 Å². The number of aromatic nitrogens is 5. The highest BCUT2D eigenvalue weighted by Gasteiger charge is 2.22. The largest absolute Gasteiger partial charge is 0.306 e. The molecule has 0 spiro atoms. The summed E-state index contributed by atoms with van der Waals surface area (Å²) in [5.41, 5.74) is 3.13. The maximum atomic E-state index is 12.5. The van der Waals surface area contributed by atoms with Gasteiger partial charge in [0.05, 0.1) is 28.2 Å². The Morgan fingerprint density at radius 2 is 2.25 bits per heavy atom. The summed E-state index contributed by atoms with van der Waals surface area (Å²) >= 11 is 6.07. The highest BCUT2D eigenvalue weighted by Crippen LogP contribution is 2.21. The van der Waals surface area contributed by atoms with Gasteiger partial charge in [-0.3, -0.25) is 19.8 Å². The monoisotopic (exact) mass is 342 g/mol. The molecule has 7 nitrogen and oxygen atoms in total. The quantitative estimate of drug-likeness (QED) is 0.757. The summed E-state index contributed by atoms with van der Waals surface area (Å²) in [7, 11) is 0. The molecule has 3 aromatic rings. The van der Waals surface area contributed by atoms with E-state index in [4.69, 9.17) is 11.6 Å². The average Bonchev–Trinajstić information content (AvgIpc) is 3.01. The van der Waals surface area contributed by atoms with E-state index >= 15 is 0 Å². The lowest BCUT2D eigenvalue weighted by Crippen LogP contribution is -2.35. The summed E-state index contributed by atoms with van der Waals surface area (Å²) in [4.78, 5) is 26.2. The summed E-state index contributed by atoms with van der Waals surface area (Å²) in [6.45, 7) is 1.98. The van der Waals surface area contributed by atoms with Crippen molar-refractivity contribution in [2.75, 3.05) is 6.54 Å². The van der Waals surface area contributed by atoms with Crippen molar-refractivity contribution >= 4 is 11.6 Å². The van der Waals surface area contributed by atoms with Crippen molar-refractivity contribution in [2.24, 2.45) is 0 Å². The highest BCUT2D eigenvalue weighted by molar-refractivity contribution is 6.31. The molecule has 0 radical (unpaired) electrons. The minimum absolute atomic E-state index is 0.0979. The summed E-state index contributed by atoms with van der Waals surface area (Å²) in [6, 6.07) is 3.71. The van der Waals surface area contributed by atoms with E-state index in [1.54, 1.807) is 18.6 Å². The number of aromatic amines is 2. The predicted molar refractivity (Wildman–Crippen MR) is 89.5 cm³/mol.